The van der Waals surface area contributed by atoms with Crippen molar-refractivity contribution in [3.05, 3.63) is 53.6 Å². The summed E-state index contributed by atoms with van der Waals surface area (Å²) in [5.41, 5.74) is -3.83. The van der Waals surface area contributed by atoms with Gasteiger partial charge in [-0.05, 0) is 55.3 Å². The van der Waals surface area contributed by atoms with Gasteiger partial charge in [0.2, 0.25) is 10.0 Å². The molecule has 0 atom stereocenters. The smallest absolute Gasteiger partial charge is 0.416 e. The molecule has 2 aromatic carbocycles. The molecule has 1 N–H and O–H groups in total. The zero-order valence-electron chi connectivity index (χ0n) is 16.8. The van der Waals surface area contributed by atoms with Crippen molar-refractivity contribution in [2.24, 2.45) is 0 Å². The lowest BCUT2D eigenvalue weighted by atomic mass is 10.1. The second kappa shape index (κ2) is 9.21. The predicted octanol–water partition coefficient (Wildman–Crippen LogP) is 4.53. The molecule has 33 heavy (non-hydrogen) atoms. The Bertz CT molecular complexity index is 1080. The van der Waals surface area contributed by atoms with Crippen LogP contribution in [0.3, 0.4) is 0 Å². The van der Waals surface area contributed by atoms with E-state index in [0.717, 1.165) is 12.8 Å². The van der Waals surface area contributed by atoms with Crippen molar-refractivity contribution in [1.82, 2.24) is 4.31 Å². The quantitative estimate of drug-likeness (QED) is 0.597. The first-order valence-corrected chi connectivity index (χ1v) is 11.0. The van der Waals surface area contributed by atoms with Crippen LogP contribution >= 0.6 is 0 Å². The van der Waals surface area contributed by atoms with Crippen LogP contribution in [0, 0.1) is 0 Å². The summed E-state index contributed by atoms with van der Waals surface area (Å²) >= 11 is 0. The third-order valence-electron chi connectivity index (χ3n) is 4.77. The lowest BCUT2D eigenvalue weighted by Crippen LogP contribution is -2.27. The van der Waals surface area contributed by atoms with Gasteiger partial charge in [0.05, 0.1) is 16.0 Å². The summed E-state index contributed by atoms with van der Waals surface area (Å²) in [6, 6.07) is 5.86. The minimum absolute atomic E-state index is 0.0323. The molecule has 1 heterocycles. The molecule has 3 rings (SSSR count). The predicted molar refractivity (Wildman–Crippen MR) is 105 cm³/mol. The van der Waals surface area contributed by atoms with E-state index in [-0.39, 0.29) is 16.7 Å². The number of anilines is 1. The summed E-state index contributed by atoms with van der Waals surface area (Å²) in [6.45, 7) is 0.120. The molecule has 0 bridgehead atoms. The van der Waals surface area contributed by atoms with E-state index in [0.29, 0.717) is 25.2 Å². The van der Waals surface area contributed by atoms with Crippen LogP contribution in [0.4, 0.5) is 32.0 Å². The van der Waals surface area contributed by atoms with E-state index in [2.05, 4.69) is 0 Å². The highest BCUT2D eigenvalue weighted by molar-refractivity contribution is 7.89. The molecule has 13 heteroatoms. The molecular formula is C20H18F6N2O4S. The third-order valence-corrected chi connectivity index (χ3v) is 6.68. The number of nitrogens with zero attached hydrogens (tertiary/aromatic N) is 1. The van der Waals surface area contributed by atoms with E-state index in [1.54, 1.807) is 0 Å². The van der Waals surface area contributed by atoms with Gasteiger partial charge in [-0.3, -0.25) is 4.79 Å². The maximum atomic E-state index is 12.9. The Balaban J connectivity index is 1.66. The van der Waals surface area contributed by atoms with E-state index in [1.807, 2.05) is 5.32 Å². The van der Waals surface area contributed by atoms with E-state index in [1.165, 1.54) is 28.6 Å². The number of carbonyl (C=O) groups is 1. The number of hydrogen-bond acceptors (Lipinski definition) is 4. The molecule has 1 fully saturated rings. The molecule has 0 unspecified atom stereocenters. The van der Waals surface area contributed by atoms with E-state index in [4.69, 9.17) is 4.74 Å². The third kappa shape index (κ3) is 6.16. The van der Waals surface area contributed by atoms with Gasteiger partial charge in [0.15, 0.2) is 6.61 Å². The van der Waals surface area contributed by atoms with Gasteiger partial charge in [-0.2, -0.15) is 30.6 Å². The number of nitrogens with one attached hydrogen (secondary N) is 1. The average molecular weight is 496 g/mol. The number of halogens is 6. The minimum atomic E-state index is -5.05. The standard InChI is InChI=1S/C20H18F6N2O4S/c21-19(22,23)13-9-14(20(24,25)26)11-15(10-13)27-18(29)12-32-16-3-5-17(6-4-16)33(30,31)28-7-1-2-8-28/h3-6,9-11H,1-2,7-8,12H2,(H,27,29). The van der Waals surface area contributed by atoms with Crippen molar-refractivity contribution in [3.8, 4) is 5.75 Å². The van der Waals surface area contributed by atoms with E-state index < -0.39 is 51.7 Å². The van der Waals surface area contributed by atoms with Gasteiger partial charge >= 0.3 is 12.4 Å². The fraction of sp³-hybridized carbons (Fsp3) is 0.350. The Morgan fingerprint density at radius 2 is 1.42 bits per heavy atom. The molecule has 1 amide bonds. The Kier molecular flexibility index (Phi) is 6.93. The van der Waals surface area contributed by atoms with Crippen LogP contribution in [0.15, 0.2) is 47.4 Å². The molecule has 180 valence electrons. The summed E-state index contributed by atoms with van der Waals surface area (Å²) in [5, 5.41) is 1.94. The van der Waals surface area contributed by atoms with Crippen molar-refractivity contribution in [1.29, 1.82) is 0 Å². The molecule has 1 saturated heterocycles. The fourth-order valence-electron chi connectivity index (χ4n) is 3.16. The molecule has 2 aromatic rings. The first-order chi connectivity index (χ1) is 15.3. The SMILES string of the molecule is O=C(COc1ccc(S(=O)(=O)N2CCCC2)cc1)Nc1cc(C(F)(F)F)cc(C(F)(F)F)c1. The molecule has 0 radical (unpaired) electrons. The average Bonchev–Trinajstić information content (AvgIpc) is 3.27. The van der Waals surface area contributed by atoms with Gasteiger partial charge in [0.25, 0.3) is 5.91 Å². The summed E-state index contributed by atoms with van der Waals surface area (Å²) < 4.78 is 109. The van der Waals surface area contributed by atoms with Gasteiger partial charge in [0.1, 0.15) is 5.75 Å². The van der Waals surface area contributed by atoms with Gasteiger partial charge in [-0.25, -0.2) is 8.42 Å². The van der Waals surface area contributed by atoms with Crippen LogP contribution < -0.4 is 10.1 Å². The molecule has 0 saturated carbocycles. The Morgan fingerprint density at radius 1 is 0.909 bits per heavy atom. The van der Waals surface area contributed by atoms with Crippen molar-refractivity contribution in [2.75, 3.05) is 25.0 Å². The second-order valence-electron chi connectivity index (χ2n) is 7.21. The summed E-state index contributed by atoms with van der Waals surface area (Å²) in [6.07, 6.45) is -8.56. The highest BCUT2D eigenvalue weighted by Gasteiger charge is 2.37. The van der Waals surface area contributed by atoms with Crippen molar-refractivity contribution in [3.63, 3.8) is 0 Å². The zero-order valence-corrected chi connectivity index (χ0v) is 17.6. The monoisotopic (exact) mass is 496 g/mol. The number of ether oxygens (including phenoxy) is 1. The van der Waals surface area contributed by atoms with Crippen LogP contribution in [0.2, 0.25) is 0 Å². The number of amides is 1. The van der Waals surface area contributed by atoms with Crippen molar-refractivity contribution in [2.45, 2.75) is 30.1 Å². The van der Waals surface area contributed by atoms with Crippen LogP contribution in [0.25, 0.3) is 0 Å². The van der Waals surface area contributed by atoms with Crippen LogP contribution in [-0.4, -0.2) is 38.3 Å². The summed E-state index contributed by atoms with van der Waals surface area (Å²) in [7, 11) is -3.65. The minimum Gasteiger partial charge on any atom is -0.484 e. The number of alkyl halides is 6. The van der Waals surface area contributed by atoms with E-state index in [9.17, 15) is 39.6 Å². The Labute approximate surface area is 185 Å². The molecule has 0 aliphatic carbocycles. The molecule has 1 aliphatic rings. The maximum absolute atomic E-state index is 12.9. The summed E-state index contributed by atoms with van der Waals surface area (Å²) in [4.78, 5) is 12.0. The largest absolute Gasteiger partial charge is 0.484 e. The van der Waals surface area contributed by atoms with Gasteiger partial charge in [-0.15, -0.1) is 0 Å². The Hall–Kier alpha value is -2.80. The number of rotatable bonds is 6. The van der Waals surface area contributed by atoms with Crippen molar-refractivity contribution >= 4 is 21.6 Å². The zero-order chi connectivity index (χ0) is 24.4. The molecule has 6 nitrogen and oxygen atoms in total. The van der Waals surface area contributed by atoms with Crippen LogP contribution in [0.1, 0.15) is 24.0 Å². The van der Waals surface area contributed by atoms with Crippen molar-refractivity contribution < 1.29 is 44.3 Å². The van der Waals surface area contributed by atoms with Crippen LogP contribution in [-0.2, 0) is 27.2 Å². The first kappa shape index (κ1) is 24.8. The maximum Gasteiger partial charge on any atom is 0.416 e. The normalized spacial score (nSPS) is 15.5. The molecule has 0 aromatic heterocycles. The van der Waals surface area contributed by atoms with Gasteiger partial charge in [0, 0.05) is 18.8 Å². The molecule has 0 spiro atoms. The number of sulfonamides is 1. The topological polar surface area (TPSA) is 75.7 Å². The first-order valence-electron chi connectivity index (χ1n) is 9.59. The molecule has 1 aliphatic heterocycles. The highest BCUT2D eigenvalue weighted by atomic mass is 32.2. The van der Waals surface area contributed by atoms with Gasteiger partial charge < -0.3 is 10.1 Å². The lowest BCUT2D eigenvalue weighted by molar-refractivity contribution is -0.143. The highest BCUT2D eigenvalue weighted by Crippen LogP contribution is 2.37. The lowest BCUT2D eigenvalue weighted by Gasteiger charge is -2.16. The number of hydrogen-bond donors (Lipinski definition) is 1. The second-order valence-corrected chi connectivity index (χ2v) is 9.15. The number of benzene rings is 2. The molecular weight excluding hydrogens is 478 g/mol. The Morgan fingerprint density at radius 3 is 1.91 bits per heavy atom. The fourth-order valence-corrected chi connectivity index (χ4v) is 4.68. The van der Waals surface area contributed by atoms with Gasteiger partial charge in [-0.1, -0.05) is 0 Å². The number of carbonyl (C=O) groups excluding carboxylic acids is 1. The van der Waals surface area contributed by atoms with E-state index >= 15 is 0 Å². The summed E-state index contributed by atoms with van der Waals surface area (Å²) in [5.74, 6) is -0.915. The van der Waals surface area contributed by atoms with Crippen LogP contribution in [0.5, 0.6) is 5.75 Å².